The van der Waals surface area contributed by atoms with Crippen LogP contribution in [0.2, 0.25) is 0 Å². The Bertz CT molecular complexity index is 304. The minimum absolute atomic E-state index is 0.371. The van der Waals surface area contributed by atoms with E-state index in [2.05, 4.69) is 44.8 Å². The molecule has 0 heterocycles. The fourth-order valence-electron chi connectivity index (χ4n) is 0.638. The first-order valence-corrected chi connectivity index (χ1v) is 6.84. The summed E-state index contributed by atoms with van der Waals surface area (Å²) in [6, 6.07) is 0. The topological polar surface area (TPSA) is 29.4 Å². The SMILES string of the molecule is C#C.C=C(CC)CC.C=CC(C=O)=N/C(C)=C/C.CC. The lowest BCUT2D eigenvalue weighted by atomic mass is 10.2. The highest BCUT2D eigenvalue weighted by molar-refractivity contribution is 6.33. The number of allylic oxidation sites excluding steroid dienone is 4. The number of aliphatic imine (C=N–C) groups is 1. The Morgan fingerprint density at radius 1 is 1.20 bits per heavy atom. The molecule has 0 radical (unpaired) electrons. The smallest absolute Gasteiger partial charge is 0.168 e. The molecule has 0 saturated heterocycles. The van der Waals surface area contributed by atoms with E-state index in [4.69, 9.17) is 0 Å². The number of hydrogen-bond acceptors (Lipinski definition) is 2. The summed E-state index contributed by atoms with van der Waals surface area (Å²) in [7, 11) is 0. The van der Waals surface area contributed by atoms with Crippen LogP contribution in [-0.2, 0) is 4.79 Å². The molecule has 0 rings (SSSR count). The number of aldehydes is 1. The predicted octanol–water partition coefficient (Wildman–Crippen LogP) is 5.37. The normalized spacial score (nSPS) is 9.40. The summed E-state index contributed by atoms with van der Waals surface area (Å²) < 4.78 is 0. The molecule has 114 valence electrons. The van der Waals surface area contributed by atoms with Gasteiger partial charge < -0.3 is 0 Å². The van der Waals surface area contributed by atoms with Crippen LogP contribution >= 0.6 is 0 Å². The molecule has 20 heavy (non-hydrogen) atoms. The molecule has 0 aromatic carbocycles. The monoisotopic (exact) mass is 277 g/mol. The minimum atomic E-state index is 0.371. The Kier molecular flexibility index (Phi) is 34.4. The van der Waals surface area contributed by atoms with E-state index in [1.54, 1.807) is 0 Å². The summed E-state index contributed by atoms with van der Waals surface area (Å²) in [6.45, 7) is 19.2. The number of carbonyl (C=O) groups excluding carboxylic acids is 1. The van der Waals surface area contributed by atoms with Crippen molar-refractivity contribution in [3.63, 3.8) is 0 Å². The molecule has 2 heteroatoms. The Balaban J connectivity index is -0.000000109. The first-order chi connectivity index (χ1) is 9.55. The Hall–Kier alpha value is -1.88. The van der Waals surface area contributed by atoms with Crippen molar-refractivity contribution in [2.24, 2.45) is 4.99 Å². The summed E-state index contributed by atoms with van der Waals surface area (Å²) in [4.78, 5) is 14.1. The van der Waals surface area contributed by atoms with Crippen molar-refractivity contribution >= 4 is 12.0 Å². The van der Waals surface area contributed by atoms with Crippen LogP contribution in [0.4, 0.5) is 0 Å². The van der Waals surface area contributed by atoms with Gasteiger partial charge in [-0.1, -0.05) is 52.5 Å². The Morgan fingerprint density at radius 2 is 1.60 bits per heavy atom. The molecule has 0 bridgehead atoms. The van der Waals surface area contributed by atoms with E-state index in [0.717, 1.165) is 18.5 Å². The highest BCUT2D eigenvalue weighted by atomic mass is 16.1. The third kappa shape index (κ3) is 25.1. The van der Waals surface area contributed by atoms with E-state index >= 15 is 0 Å². The molecule has 0 fully saturated rings. The first-order valence-electron chi connectivity index (χ1n) is 6.84. The molecule has 0 atom stereocenters. The van der Waals surface area contributed by atoms with Crippen LogP contribution in [0.3, 0.4) is 0 Å². The number of hydrogen-bond donors (Lipinski definition) is 0. The molecule has 0 aliphatic carbocycles. The molecule has 0 unspecified atom stereocenters. The van der Waals surface area contributed by atoms with Gasteiger partial charge in [0.2, 0.25) is 0 Å². The van der Waals surface area contributed by atoms with Crippen molar-refractivity contribution in [3.05, 3.63) is 36.6 Å². The lowest BCUT2D eigenvalue weighted by Gasteiger charge is -1.89. The fraction of sp³-hybridized carbons (Fsp3) is 0.444. The maximum absolute atomic E-state index is 10.2. The van der Waals surface area contributed by atoms with Gasteiger partial charge in [0.05, 0.1) is 0 Å². The van der Waals surface area contributed by atoms with Gasteiger partial charge in [-0.05, 0) is 32.8 Å². The van der Waals surface area contributed by atoms with Crippen LogP contribution < -0.4 is 0 Å². The van der Waals surface area contributed by atoms with Gasteiger partial charge in [-0.25, -0.2) is 0 Å². The molecule has 2 nitrogen and oxygen atoms in total. The van der Waals surface area contributed by atoms with Crippen LogP contribution in [0, 0.1) is 12.8 Å². The molecule has 0 N–H and O–H groups in total. The lowest BCUT2D eigenvalue weighted by molar-refractivity contribution is -0.102. The van der Waals surface area contributed by atoms with E-state index in [1.807, 2.05) is 33.8 Å². The summed E-state index contributed by atoms with van der Waals surface area (Å²) in [5.74, 6) is 0. The number of terminal acetylenes is 1. The van der Waals surface area contributed by atoms with Crippen LogP contribution in [0.25, 0.3) is 0 Å². The second-order valence-corrected chi connectivity index (χ2v) is 3.25. The molecule has 0 saturated carbocycles. The number of rotatable bonds is 5. The standard InChI is InChI=1S/C8H11NO.C6H12.C2H6.C2H2/c1-4-7(3)9-8(5-2)6-10;1-4-6(3)5-2;2*1-2/h4-6H,2H2,1,3H3;3-5H2,1-2H3;1-2H3;1-2H/b7-4+,9-8?;;;. The predicted molar refractivity (Wildman–Crippen MR) is 94.1 cm³/mol. The third-order valence-electron chi connectivity index (χ3n) is 2.05. The van der Waals surface area contributed by atoms with Crippen molar-refractivity contribution in [1.82, 2.24) is 0 Å². The van der Waals surface area contributed by atoms with Gasteiger partial charge >= 0.3 is 0 Å². The van der Waals surface area contributed by atoms with Gasteiger partial charge in [0.1, 0.15) is 5.71 Å². The van der Waals surface area contributed by atoms with Crippen molar-refractivity contribution in [3.8, 4) is 12.8 Å². The van der Waals surface area contributed by atoms with Crippen molar-refractivity contribution in [2.45, 2.75) is 54.4 Å². The van der Waals surface area contributed by atoms with E-state index in [-0.39, 0.29) is 0 Å². The number of nitrogens with zero attached hydrogens (tertiary/aromatic N) is 1. The van der Waals surface area contributed by atoms with Crippen molar-refractivity contribution in [2.75, 3.05) is 0 Å². The van der Waals surface area contributed by atoms with Gasteiger partial charge in [-0.2, -0.15) is 0 Å². The Morgan fingerprint density at radius 3 is 1.75 bits per heavy atom. The number of carbonyl (C=O) groups is 1. The zero-order valence-corrected chi connectivity index (χ0v) is 14.1. The fourth-order valence-corrected chi connectivity index (χ4v) is 0.638. The molecule has 0 aromatic rings. The molecule has 0 aliphatic rings. The van der Waals surface area contributed by atoms with E-state index in [9.17, 15) is 4.79 Å². The molecule has 0 amide bonds. The van der Waals surface area contributed by atoms with Gasteiger partial charge in [0, 0.05) is 5.70 Å². The van der Waals surface area contributed by atoms with E-state index in [1.165, 1.54) is 11.6 Å². The van der Waals surface area contributed by atoms with Gasteiger partial charge in [-0.3, -0.25) is 9.79 Å². The van der Waals surface area contributed by atoms with E-state index < -0.39 is 0 Å². The average molecular weight is 277 g/mol. The van der Waals surface area contributed by atoms with Crippen LogP contribution in [0.5, 0.6) is 0 Å². The van der Waals surface area contributed by atoms with Gasteiger partial charge in [0.15, 0.2) is 6.29 Å². The molecule has 0 spiro atoms. The highest BCUT2D eigenvalue weighted by Crippen LogP contribution is 1.98. The zero-order chi connectivity index (χ0) is 17.0. The Labute approximate surface area is 126 Å². The third-order valence-corrected chi connectivity index (χ3v) is 2.05. The van der Waals surface area contributed by atoms with E-state index in [0.29, 0.717) is 12.0 Å². The van der Waals surface area contributed by atoms with Crippen molar-refractivity contribution < 1.29 is 4.79 Å². The summed E-state index contributed by atoms with van der Waals surface area (Å²) in [5, 5.41) is 0. The average Bonchev–Trinajstić information content (AvgIpc) is 2.55. The summed E-state index contributed by atoms with van der Waals surface area (Å²) in [5.41, 5.74) is 2.53. The molecule has 0 aromatic heterocycles. The van der Waals surface area contributed by atoms with Gasteiger partial charge in [-0.15, -0.1) is 12.8 Å². The maximum atomic E-state index is 10.2. The van der Waals surface area contributed by atoms with Gasteiger partial charge in [0.25, 0.3) is 0 Å². The van der Waals surface area contributed by atoms with Crippen LogP contribution in [0.1, 0.15) is 54.4 Å². The zero-order valence-electron chi connectivity index (χ0n) is 14.1. The second kappa shape index (κ2) is 25.8. The molecular weight excluding hydrogens is 246 g/mol. The largest absolute Gasteiger partial charge is 0.296 e. The highest BCUT2D eigenvalue weighted by Gasteiger charge is 1.87. The second-order valence-electron chi connectivity index (χ2n) is 3.25. The minimum Gasteiger partial charge on any atom is -0.296 e. The molecule has 0 aliphatic heterocycles. The maximum Gasteiger partial charge on any atom is 0.168 e. The molecular formula is C18H31NO. The lowest BCUT2D eigenvalue weighted by Crippen LogP contribution is -1.93. The first kappa shape index (κ1) is 26.6. The summed E-state index contributed by atoms with van der Waals surface area (Å²) in [6.07, 6.45) is 14.2. The van der Waals surface area contributed by atoms with Crippen LogP contribution in [-0.4, -0.2) is 12.0 Å². The van der Waals surface area contributed by atoms with Crippen LogP contribution in [0.15, 0.2) is 41.6 Å². The quantitative estimate of drug-likeness (QED) is 0.287. The van der Waals surface area contributed by atoms with Crippen molar-refractivity contribution in [1.29, 1.82) is 0 Å². The summed E-state index contributed by atoms with van der Waals surface area (Å²) >= 11 is 0.